The lowest BCUT2D eigenvalue weighted by Gasteiger charge is -2.30. The number of carbonyl (C=O) groups is 1. The number of likely N-dealkylation sites (tertiary alicyclic amines) is 1. The third-order valence-corrected chi connectivity index (χ3v) is 6.28. The Bertz CT molecular complexity index is 589. The first kappa shape index (κ1) is 16.4. The van der Waals surface area contributed by atoms with E-state index in [1.807, 2.05) is 0 Å². The number of carboxylic acids is 1. The van der Waals surface area contributed by atoms with Gasteiger partial charge >= 0.3 is 5.97 Å². The molecule has 0 spiro atoms. The summed E-state index contributed by atoms with van der Waals surface area (Å²) in [6.45, 7) is 5.58. The lowest BCUT2D eigenvalue weighted by atomic mass is 9.97. The van der Waals surface area contributed by atoms with Crippen LogP contribution in [0, 0.1) is 5.92 Å². The average molecular weight is 332 g/mol. The minimum Gasteiger partial charge on any atom is -0.477 e. The molecule has 1 aromatic heterocycles. The summed E-state index contributed by atoms with van der Waals surface area (Å²) in [5, 5.41) is 10.2. The fraction of sp³-hybridized carbons (Fsp3) is 0.615. The number of thiophene rings is 1. The van der Waals surface area contributed by atoms with Crippen molar-refractivity contribution in [2.45, 2.75) is 24.7 Å². The van der Waals surface area contributed by atoms with E-state index in [0.29, 0.717) is 12.5 Å². The van der Waals surface area contributed by atoms with Crippen LogP contribution in [-0.2, 0) is 10.0 Å². The van der Waals surface area contributed by atoms with Crippen LogP contribution in [0.25, 0.3) is 0 Å². The third-order valence-electron chi connectivity index (χ3n) is 3.81. The molecule has 0 saturated carbocycles. The van der Waals surface area contributed by atoms with Crippen LogP contribution in [-0.4, -0.2) is 50.6 Å². The first-order chi connectivity index (χ1) is 9.92. The highest BCUT2D eigenvalue weighted by atomic mass is 32.2. The van der Waals surface area contributed by atoms with Gasteiger partial charge in [-0.3, -0.25) is 0 Å². The van der Waals surface area contributed by atoms with E-state index in [1.54, 1.807) is 0 Å². The number of sulfonamides is 1. The average Bonchev–Trinajstić information content (AvgIpc) is 2.97. The SMILES string of the molecule is CCN1CCC(CNS(=O)(=O)c2csc(C(=O)O)c2)CC1. The molecule has 118 valence electrons. The van der Waals surface area contributed by atoms with Crippen molar-refractivity contribution in [3.05, 3.63) is 16.3 Å². The first-order valence-electron chi connectivity index (χ1n) is 6.96. The van der Waals surface area contributed by atoms with E-state index in [4.69, 9.17) is 5.11 Å². The number of carboxylic acid groups (broad SMARTS) is 1. The lowest BCUT2D eigenvalue weighted by Crippen LogP contribution is -2.38. The topological polar surface area (TPSA) is 86.7 Å². The number of piperidine rings is 1. The molecule has 0 atom stereocenters. The van der Waals surface area contributed by atoms with Crippen molar-refractivity contribution in [1.82, 2.24) is 9.62 Å². The summed E-state index contributed by atoms with van der Waals surface area (Å²) < 4.78 is 26.8. The van der Waals surface area contributed by atoms with Crippen LogP contribution in [0.1, 0.15) is 29.4 Å². The highest BCUT2D eigenvalue weighted by Crippen LogP contribution is 2.20. The van der Waals surface area contributed by atoms with Crippen LogP contribution in [0.5, 0.6) is 0 Å². The van der Waals surface area contributed by atoms with Crippen molar-refractivity contribution in [3.63, 3.8) is 0 Å². The second-order valence-corrected chi connectivity index (χ2v) is 7.86. The van der Waals surface area contributed by atoms with Crippen LogP contribution < -0.4 is 4.72 Å². The number of hydrogen-bond donors (Lipinski definition) is 2. The van der Waals surface area contributed by atoms with Gasteiger partial charge in [-0.2, -0.15) is 0 Å². The number of nitrogens with one attached hydrogen (secondary N) is 1. The largest absolute Gasteiger partial charge is 0.477 e. The van der Waals surface area contributed by atoms with Crippen molar-refractivity contribution in [2.24, 2.45) is 5.92 Å². The maximum Gasteiger partial charge on any atom is 0.345 e. The van der Waals surface area contributed by atoms with Gasteiger partial charge in [-0.25, -0.2) is 17.9 Å². The Balaban J connectivity index is 1.91. The maximum atomic E-state index is 12.1. The molecule has 1 aliphatic rings. The molecule has 1 aliphatic heterocycles. The molecule has 8 heteroatoms. The zero-order valence-electron chi connectivity index (χ0n) is 11.9. The van der Waals surface area contributed by atoms with Crippen LogP contribution in [0.4, 0.5) is 0 Å². The highest BCUT2D eigenvalue weighted by Gasteiger charge is 2.22. The monoisotopic (exact) mass is 332 g/mol. The van der Waals surface area contributed by atoms with Gasteiger partial charge in [-0.05, 0) is 44.5 Å². The van der Waals surface area contributed by atoms with E-state index < -0.39 is 16.0 Å². The predicted molar refractivity (Wildman–Crippen MR) is 81.3 cm³/mol. The molecule has 21 heavy (non-hydrogen) atoms. The standard InChI is InChI=1S/C13H20N2O4S2/c1-2-15-5-3-10(4-6-15)8-14-21(18,19)11-7-12(13(16)17)20-9-11/h7,9-10,14H,2-6,8H2,1H3,(H,16,17). The van der Waals surface area contributed by atoms with Crippen LogP contribution >= 0.6 is 11.3 Å². The van der Waals surface area contributed by atoms with Gasteiger partial charge in [0.25, 0.3) is 0 Å². The van der Waals surface area contributed by atoms with E-state index in [9.17, 15) is 13.2 Å². The fourth-order valence-corrected chi connectivity index (χ4v) is 4.62. The van der Waals surface area contributed by atoms with Gasteiger partial charge in [0.1, 0.15) is 4.88 Å². The number of hydrogen-bond acceptors (Lipinski definition) is 5. The quantitative estimate of drug-likeness (QED) is 0.823. The number of nitrogens with zero attached hydrogens (tertiary/aromatic N) is 1. The molecule has 0 radical (unpaired) electrons. The molecule has 0 unspecified atom stereocenters. The third kappa shape index (κ3) is 4.26. The summed E-state index contributed by atoms with van der Waals surface area (Å²) in [4.78, 5) is 13.2. The molecule has 0 bridgehead atoms. The van der Waals surface area contributed by atoms with E-state index in [-0.39, 0.29) is 9.77 Å². The second-order valence-electron chi connectivity index (χ2n) is 5.18. The minimum absolute atomic E-state index is 0.0339. The van der Waals surface area contributed by atoms with Crippen LogP contribution in [0.2, 0.25) is 0 Å². The Morgan fingerprint density at radius 3 is 2.67 bits per heavy atom. The molecule has 1 aromatic rings. The van der Waals surface area contributed by atoms with Crippen LogP contribution in [0.15, 0.2) is 16.3 Å². The van der Waals surface area contributed by atoms with Crippen molar-refractivity contribution in [3.8, 4) is 0 Å². The van der Waals surface area contributed by atoms with Crippen LogP contribution in [0.3, 0.4) is 0 Å². The van der Waals surface area contributed by atoms with Gasteiger partial charge in [-0.1, -0.05) is 6.92 Å². The fourth-order valence-electron chi connectivity index (χ4n) is 2.39. The summed E-state index contributed by atoms with van der Waals surface area (Å²) in [7, 11) is -3.61. The first-order valence-corrected chi connectivity index (χ1v) is 9.32. The molecular weight excluding hydrogens is 312 g/mol. The lowest BCUT2D eigenvalue weighted by molar-refractivity contribution is 0.0702. The normalized spacial score (nSPS) is 18.0. The predicted octanol–water partition coefficient (Wildman–Crippen LogP) is 1.46. The molecule has 6 nitrogen and oxygen atoms in total. The van der Waals surface area contributed by atoms with Crippen molar-refractivity contribution in [1.29, 1.82) is 0 Å². The second kappa shape index (κ2) is 6.87. The number of rotatable bonds is 6. The summed E-state index contributed by atoms with van der Waals surface area (Å²) >= 11 is 0.924. The molecule has 2 heterocycles. The smallest absolute Gasteiger partial charge is 0.345 e. The van der Waals surface area contributed by atoms with Gasteiger partial charge in [0.15, 0.2) is 0 Å². The molecule has 1 fully saturated rings. The van der Waals surface area contributed by atoms with Crippen molar-refractivity contribution >= 4 is 27.3 Å². The van der Waals surface area contributed by atoms with E-state index in [2.05, 4.69) is 16.5 Å². The van der Waals surface area contributed by atoms with Gasteiger partial charge < -0.3 is 10.0 Å². The maximum absolute atomic E-state index is 12.1. The summed E-state index contributed by atoms with van der Waals surface area (Å²) in [6.07, 6.45) is 1.97. The van der Waals surface area contributed by atoms with Crippen molar-refractivity contribution in [2.75, 3.05) is 26.2 Å². The molecular formula is C13H20N2O4S2. The van der Waals surface area contributed by atoms with Gasteiger partial charge in [0, 0.05) is 11.9 Å². The molecule has 0 aliphatic carbocycles. The summed E-state index contributed by atoms with van der Waals surface area (Å²) in [6, 6.07) is 1.20. The summed E-state index contributed by atoms with van der Waals surface area (Å²) in [5.74, 6) is -0.756. The van der Waals surface area contributed by atoms with Crippen molar-refractivity contribution < 1.29 is 18.3 Å². The minimum atomic E-state index is -3.61. The summed E-state index contributed by atoms with van der Waals surface area (Å²) in [5.41, 5.74) is 0. The Morgan fingerprint density at radius 1 is 1.48 bits per heavy atom. The zero-order valence-corrected chi connectivity index (χ0v) is 13.5. The Hall–Kier alpha value is -0.960. The molecule has 2 rings (SSSR count). The molecule has 0 amide bonds. The van der Waals surface area contributed by atoms with Gasteiger partial charge in [0.2, 0.25) is 10.0 Å². The molecule has 1 saturated heterocycles. The molecule has 0 aromatic carbocycles. The molecule has 2 N–H and O–H groups in total. The Kier molecular flexibility index (Phi) is 5.37. The van der Waals surface area contributed by atoms with E-state index >= 15 is 0 Å². The van der Waals surface area contributed by atoms with Gasteiger partial charge in [-0.15, -0.1) is 11.3 Å². The van der Waals surface area contributed by atoms with E-state index in [1.165, 1.54) is 11.4 Å². The Morgan fingerprint density at radius 2 is 2.14 bits per heavy atom. The van der Waals surface area contributed by atoms with E-state index in [0.717, 1.165) is 43.8 Å². The zero-order chi connectivity index (χ0) is 15.5. The highest BCUT2D eigenvalue weighted by molar-refractivity contribution is 7.89. The Labute approximate surface area is 128 Å². The van der Waals surface area contributed by atoms with Gasteiger partial charge in [0.05, 0.1) is 4.90 Å². The number of aromatic carboxylic acids is 1.